The molecular weight excluding hydrogens is 168 g/mol. The van der Waals surface area contributed by atoms with Crippen molar-refractivity contribution in [1.82, 2.24) is 0 Å². The van der Waals surface area contributed by atoms with E-state index in [1.54, 1.807) is 0 Å². The Morgan fingerprint density at radius 2 is 1.79 bits per heavy atom. The van der Waals surface area contributed by atoms with E-state index in [9.17, 15) is 0 Å². The van der Waals surface area contributed by atoms with Gasteiger partial charge in [0, 0.05) is 0 Å². The zero-order valence-electron chi connectivity index (χ0n) is 9.00. The SMILES string of the molecule is [CH]=C(CCCCCC)c1ccccc1. The lowest BCUT2D eigenvalue weighted by Gasteiger charge is -2.04. The van der Waals surface area contributed by atoms with Gasteiger partial charge in [-0.05, 0) is 24.0 Å². The first-order chi connectivity index (χ1) is 6.84. The van der Waals surface area contributed by atoms with Crippen LogP contribution in [0.3, 0.4) is 0 Å². The van der Waals surface area contributed by atoms with Crippen molar-refractivity contribution in [1.29, 1.82) is 0 Å². The maximum absolute atomic E-state index is 5.99. The van der Waals surface area contributed by atoms with Crippen molar-refractivity contribution in [2.24, 2.45) is 0 Å². The van der Waals surface area contributed by atoms with Crippen molar-refractivity contribution in [2.45, 2.75) is 39.0 Å². The lowest BCUT2D eigenvalue weighted by atomic mass is 10.0. The van der Waals surface area contributed by atoms with Gasteiger partial charge in [0.15, 0.2) is 0 Å². The Bertz CT molecular complexity index is 259. The maximum atomic E-state index is 5.99. The molecule has 0 N–H and O–H groups in total. The molecule has 0 aromatic heterocycles. The molecule has 0 unspecified atom stereocenters. The van der Waals surface area contributed by atoms with Gasteiger partial charge in [0.2, 0.25) is 0 Å². The Balaban J connectivity index is 2.29. The highest BCUT2D eigenvalue weighted by atomic mass is 14.0. The third-order valence-electron chi connectivity index (χ3n) is 2.44. The van der Waals surface area contributed by atoms with Gasteiger partial charge in [-0.3, -0.25) is 0 Å². The first-order valence-electron chi connectivity index (χ1n) is 5.51. The van der Waals surface area contributed by atoms with Crippen molar-refractivity contribution in [3.63, 3.8) is 0 Å². The van der Waals surface area contributed by atoms with Crippen molar-refractivity contribution < 1.29 is 0 Å². The molecule has 1 aromatic carbocycles. The highest BCUT2D eigenvalue weighted by molar-refractivity contribution is 5.61. The third-order valence-corrected chi connectivity index (χ3v) is 2.44. The summed E-state index contributed by atoms with van der Waals surface area (Å²) in [5.74, 6) is 0. The van der Waals surface area contributed by atoms with E-state index in [0.29, 0.717) is 0 Å². The lowest BCUT2D eigenvalue weighted by molar-refractivity contribution is 0.679. The van der Waals surface area contributed by atoms with Crippen LogP contribution in [-0.2, 0) is 0 Å². The van der Waals surface area contributed by atoms with Crippen LogP contribution in [0.1, 0.15) is 44.6 Å². The topological polar surface area (TPSA) is 0 Å². The maximum Gasteiger partial charge on any atom is -0.0225 e. The highest BCUT2D eigenvalue weighted by Crippen LogP contribution is 2.18. The zero-order chi connectivity index (χ0) is 10.2. The second kappa shape index (κ2) is 6.42. The highest BCUT2D eigenvalue weighted by Gasteiger charge is 1.97. The van der Waals surface area contributed by atoms with Gasteiger partial charge in [-0.25, -0.2) is 0 Å². The molecule has 0 spiro atoms. The summed E-state index contributed by atoms with van der Waals surface area (Å²) in [5, 5.41) is 0. The molecule has 0 heteroatoms. The quantitative estimate of drug-likeness (QED) is 0.576. The molecule has 14 heavy (non-hydrogen) atoms. The van der Waals surface area contributed by atoms with Gasteiger partial charge in [0.25, 0.3) is 0 Å². The predicted octanol–water partition coefficient (Wildman–Crippen LogP) is 4.47. The molecule has 1 aromatic rings. The predicted molar refractivity (Wildman–Crippen MR) is 62.9 cm³/mol. The average molecular weight is 187 g/mol. The summed E-state index contributed by atoms with van der Waals surface area (Å²) in [6, 6.07) is 10.3. The van der Waals surface area contributed by atoms with E-state index in [-0.39, 0.29) is 0 Å². The molecule has 0 bridgehead atoms. The van der Waals surface area contributed by atoms with Gasteiger partial charge in [0.05, 0.1) is 0 Å². The van der Waals surface area contributed by atoms with Crippen LogP contribution in [0, 0.1) is 6.58 Å². The number of hydrogen-bond donors (Lipinski definition) is 0. The molecule has 0 saturated carbocycles. The second-order valence-electron chi connectivity index (χ2n) is 3.70. The minimum atomic E-state index is 1.03. The van der Waals surface area contributed by atoms with Crippen molar-refractivity contribution >= 4 is 5.57 Å². The van der Waals surface area contributed by atoms with Gasteiger partial charge in [-0.2, -0.15) is 0 Å². The van der Waals surface area contributed by atoms with E-state index in [0.717, 1.165) is 12.0 Å². The summed E-state index contributed by atoms with van der Waals surface area (Å²) in [5.41, 5.74) is 2.21. The zero-order valence-corrected chi connectivity index (χ0v) is 9.00. The molecule has 1 radical (unpaired) electrons. The molecule has 0 nitrogen and oxygen atoms in total. The molecule has 0 heterocycles. The smallest absolute Gasteiger partial charge is 0.0225 e. The van der Waals surface area contributed by atoms with Crippen LogP contribution in [-0.4, -0.2) is 0 Å². The van der Waals surface area contributed by atoms with Crippen molar-refractivity contribution in [3.8, 4) is 0 Å². The van der Waals surface area contributed by atoms with Crippen LogP contribution in [0.15, 0.2) is 30.3 Å². The molecule has 75 valence electrons. The molecule has 0 aliphatic carbocycles. The van der Waals surface area contributed by atoms with E-state index in [2.05, 4.69) is 19.1 Å². The van der Waals surface area contributed by atoms with E-state index in [4.69, 9.17) is 6.58 Å². The molecule has 0 amide bonds. The average Bonchev–Trinajstić information content (AvgIpc) is 2.25. The van der Waals surface area contributed by atoms with Crippen LogP contribution < -0.4 is 0 Å². The van der Waals surface area contributed by atoms with Crippen molar-refractivity contribution in [2.75, 3.05) is 0 Å². The van der Waals surface area contributed by atoms with Crippen molar-refractivity contribution in [3.05, 3.63) is 42.5 Å². The summed E-state index contributed by atoms with van der Waals surface area (Å²) >= 11 is 0. The molecule has 0 fully saturated rings. The number of unbranched alkanes of at least 4 members (excludes halogenated alkanes) is 3. The van der Waals surface area contributed by atoms with Crippen LogP contribution in [0.4, 0.5) is 0 Å². The number of benzene rings is 1. The van der Waals surface area contributed by atoms with Gasteiger partial charge in [-0.1, -0.05) is 63.1 Å². The largest absolute Gasteiger partial charge is 0.0654 e. The number of allylic oxidation sites excluding steroid dienone is 1. The summed E-state index contributed by atoms with van der Waals surface area (Å²) in [7, 11) is 0. The minimum Gasteiger partial charge on any atom is -0.0654 e. The Labute approximate surface area is 87.7 Å². The summed E-state index contributed by atoms with van der Waals surface area (Å²) in [6.07, 6.45) is 6.15. The fraction of sp³-hybridized carbons (Fsp3) is 0.429. The third kappa shape index (κ3) is 3.78. The Hall–Kier alpha value is -1.04. The minimum absolute atomic E-state index is 1.03. The Kier molecular flexibility index (Phi) is 5.06. The normalized spacial score (nSPS) is 10.1. The first-order valence-corrected chi connectivity index (χ1v) is 5.51. The first kappa shape index (κ1) is 11.0. The summed E-state index contributed by atoms with van der Waals surface area (Å²) < 4.78 is 0. The summed E-state index contributed by atoms with van der Waals surface area (Å²) in [4.78, 5) is 0. The molecule has 1 rings (SSSR count). The molecule has 0 atom stereocenters. The fourth-order valence-electron chi connectivity index (χ4n) is 1.54. The van der Waals surface area contributed by atoms with E-state index >= 15 is 0 Å². The standard InChI is InChI=1S/C14H19/c1-3-4-5-7-10-13(2)14-11-8-6-9-12-14/h2,6,8-9,11-12H,3-5,7,10H2,1H3. The fourth-order valence-corrected chi connectivity index (χ4v) is 1.54. The molecule has 0 saturated heterocycles. The lowest BCUT2D eigenvalue weighted by Crippen LogP contribution is -1.83. The van der Waals surface area contributed by atoms with E-state index in [1.807, 2.05) is 18.2 Å². The van der Waals surface area contributed by atoms with Gasteiger partial charge >= 0.3 is 0 Å². The van der Waals surface area contributed by atoms with Crippen LogP contribution >= 0.6 is 0 Å². The van der Waals surface area contributed by atoms with Crippen LogP contribution in [0.25, 0.3) is 5.57 Å². The van der Waals surface area contributed by atoms with Crippen LogP contribution in [0.2, 0.25) is 0 Å². The molecule has 0 aliphatic rings. The summed E-state index contributed by atoms with van der Waals surface area (Å²) in [6.45, 7) is 8.22. The number of hydrogen-bond acceptors (Lipinski definition) is 0. The Morgan fingerprint density at radius 3 is 2.43 bits per heavy atom. The van der Waals surface area contributed by atoms with Gasteiger partial charge in [0.1, 0.15) is 0 Å². The Morgan fingerprint density at radius 1 is 1.07 bits per heavy atom. The van der Waals surface area contributed by atoms with E-state index < -0.39 is 0 Å². The van der Waals surface area contributed by atoms with Crippen LogP contribution in [0.5, 0.6) is 0 Å². The van der Waals surface area contributed by atoms with Gasteiger partial charge in [-0.15, -0.1) is 0 Å². The molecule has 0 aliphatic heterocycles. The number of rotatable bonds is 6. The second-order valence-corrected chi connectivity index (χ2v) is 3.70. The van der Waals surface area contributed by atoms with E-state index in [1.165, 1.54) is 31.2 Å². The molecular formula is C14H19. The monoisotopic (exact) mass is 187 g/mol. The van der Waals surface area contributed by atoms with Gasteiger partial charge < -0.3 is 0 Å².